The molecule has 2 aromatic carbocycles. The highest BCUT2D eigenvalue weighted by Crippen LogP contribution is 2.38. The molecular formula is C28H23NO7S. The van der Waals surface area contributed by atoms with E-state index >= 15 is 0 Å². The zero-order chi connectivity index (χ0) is 26.1. The van der Waals surface area contributed by atoms with Gasteiger partial charge in [0.25, 0.3) is 5.91 Å². The molecule has 0 bridgehead atoms. The molecule has 188 valence electrons. The molecule has 3 aromatic rings. The van der Waals surface area contributed by atoms with E-state index in [1.54, 1.807) is 25.1 Å². The molecule has 8 nitrogen and oxygen atoms in total. The van der Waals surface area contributed by atoms with Gasteiger partial charge < -0.3 is 14.8 Å². The maximum atomic E-state index is 13.1. The lowest BCUT2D eigenvalue weighted by Crippen LogP contribution is -2.26. The van der Waals surface area contributed by atoms with Gasteiger partial charge in [0.1, 0.15) is 5.00 Å². The highest BCUT2D eigenvalue weighted by atomic mass is 32.1. The molecule has 37 heavy (non-hydrogen) atoms. The van der Waals surface area contributed by atoms with Gasteiger partial charge in [-0.15, -0.1) is 11.3 Å². The summed E-state index contributed by atoms with van der Waals surface area (Å²) in [6, 6.07) is 10.8. The third kappa shape index (κ3) is 4.46. The van der Waals surface area contributed by atoms with E-state index < -0.39 is 30.2 Å². The lowest BCUT2D eigenvalue weighted by atomic mass is 9.82. The summed E-state index contributed by atoms with van der Waals surface area (Å²) in [7, 11) is 0. The Bertz CT molecular complexity index is 1470. The number of ketones is 2. The van der Waals surface area contributed by atoms with E-state index in [4.69, 9.17) is 9.47 Å². The summed E-state index contributed by atoms with van der Waals surface area (Å²) >= 11 is 1.33. The van der Waals surface area contributed by atoms with Crippen molar-refractivity contribution in [3.05, 3.63) is 86.3 Å². The van der Waals surface area contributed by atoms with E-state index in [0.29, 0.717) is 10.6 Å². The third-order valence-electron chi connectivity index (χ3n) is 6.41. The van der Waals surface area contributed by atoms with E-state index in [9.17, 15) is 24.0 Å². The van der Waals surface area contributed by atoms with Crippen molar-refractivity contribution in [1.82, 2.24) is 0 Å². The van der Waals surface area contributed by atoms with Crippen LogP contribution >= 0.6 is 11.3 Å². The van der Waals surface area contributed by atoms with E-state index in [1.165, 1.54) is 35.6 Å². The summed E-state index contributed by atoms with van der Waals surface area (Å²) in [6.45, 7) is 1.29. The summed E-state index contributed by atoms with van der Waals surface area (Å²) in [5, 5.41) is 3.06. The van der Waals surface area contributed by atoms with Crippen LogP contribution in [0.25, 0.3) is 0 Å². The smallest absolute Gasteiger partial charge is 0.341 e. The second-order valence-corrected chi connectivity index (χ2v) is 9.80. The number of rotatable bonds is 6. The molecule has 1 heterocycles. The van der Waals surface area contributed by atoms with Crippen LogP contribution in [0.4, 0.5) is 5.00 Å². The zero-order valence-electron chi connectivity index (χ0n) is 20.1. The van der Waals surface area contributed by atoms with E-state index in [2.05, 4.69) is 5.32 Å². The highest BCUT2D eigenvalue weighted by Gasteiger charge is 2.33. The van der Waals surface area contributed by atoms with Crippen LogP contribution in [0.3, 0.4) is 0 Å². The van der Waals surface area contributed by atoms with Crippen LogP contribution in [0.5, 0.6) is 0 Å². The quantitative estimate of drug-likeness (QED) is 0.378. The largest absolute Gasteiger partial charge is 0.462 e. The summed E-state index contributed by atoms with van der Waals surface area (Å²) in [6.07, 6.45) is 3.52. The molecule has 0 saturated heterocycles. The third-order valence-corrected chi connectivity index (χ3v) is 7.62. The molecule has 0 radical (unpaired) electrons. The molecule has 1 aromatic heterocycles. The fourth-order valence-electron chi connectivity index (χ4n) is 4.76. The van der Waals surface area contributed by atoms with Crippen LogP contribution in [-0.2, 0) is 27.1 Å². The number of hydrogen-bond donors (Lipinski definition) is 1. The molecule has 0 unspecified atom stereocenters. The molecule has 0 saturated carbocycles. The summed E-state index contributed by atoms with van der Waals surface area (Å²) in [5.41, 5.74) is 1.75. The van der Waals surface area contributed by atoms with Crippen molar-refractivity contribution in [3.63, 3.8) is 0 Å². The Balaban J connectivity index is 1.33. The van der Waals surface area contributed by atoms with Gasteiger partial charge in [-0.05, 0) is 44.2 Å². The molecular weight excluding hydrogens is 494 g/mol. The number of hydrogen-bond acceptors (Lipinski definition) is 8. The monoisotopic (exact) mass is 517 g/mol. The van der Waals surface area contributed by atoms with Crippen molar-refractivity contribution in [1.29, 1.82) is 0 Å². The minimum Gasteiger partial charge on any atom is -0.462 e. The van der Waals surface area contributed by atoms with Gasteiger partial charge in [-0.2, -0.15) is 0 Å². The van der Waals surface area contributed by atoms with Gasteiger partial charge >= 0.3 is 11.9 Å². The first-order valence-electron chi connectivity index (χ1n) is 12.0. The van der Waals surface area contributed by atoms with Gasteiger partial charge in [0.05, 0.1) is 17.7 Å². The average molecular weight is 518 g/mol. The first kappa shape index (κ1) is 24.6. The Morgan fingerprint density at radius 2 is 1.57 bits per heavy atom. The second-order valence-electron chi connectivity index (χ2n) is 8.69. The molecule has 2 aliphatic carbocycles. The molecule has 2 aliphatic rings. The van der Waals surface area contributed by atoms with Crippen LogP contribution in [0.2, 0.25) is 0 Å². The number of fused-ring (bicyclic) bond motifs is 3. The summed E-state index contributed by atoms with van der Waals surface area (Å²) in [4.78, 5) is 65.3. The van der Waals surface area contributed by atoms with E-state index in [0.717, 1.165) is 36.1 Å². The molecule has 1 amide bonds. The van der Waals surface area contributed by atoms with Crippen molar-refractivity contribution in [2.24, 2.45) is 0 Å². The maximum Gasteiger partial charge on any atom is 0.341 e. The van der Waals surface area contributed by atoms with Gasteiger partial charge in [0.15, 0.2) is 18.2 Å². The first-order valence-corrected chi connectivity index (χ1v) is 12.8. The number of esters is 2. The Kier molecular flexibility index (Phi) is 6.71. The Labute approximate surface area is 216 Å². The van der Waals surface area contributed by atoms with Crippen LogP contribution < -0.4 is 5.32 Å². The van der Waals surface area contributed by atoms with E-state index in [-0.39, 0.29) is 40.2 Å². The summed E-state index contributed by atoms with van der Waals surface area (Å²) in [5.74, 6) is -2.83. The van der Waals surface area contributed by atoms with Crippen LogP contribution in [0, 0.1) is 0 Å². The van der Waals surface area contributed by atoms with Gasteiger partial charge in [0, 0.05) is 27.1 Å². The molecule has 0 aliphatic heterocycles. The van der Waals surface area contributed by atoms with Crippen LogP contribution in [0.1, 0.15) is 82.8 Å². The number of carbonyl (C=O) groups is 5. The van der Waals surface area contributed by atoms with Gasteiger partial charge in [-0.3, -0.25) is 14.4 Å². The number of anilines is 1. The number of nitrogens with one attached hydrogen (secondary N) is 1. The molecule has 0 fully saturated rings. The molecule has 5 rings (SSSR count). The minimum atomic E-state index is -0.899. The molecule has 9 heteroatoms. The van der Waals surface area contributed by atoms with Crippen molar-refractivity contribution < 1.29 is 33.4 Å². The topological polar surface area (TPSA) is 116 Å². The molecule has 0 spiro atoms. The van der Waals surface area contributed by atoms with Gasteiger partial charge in [-0.25, -0.2) is 9.59 Å². The predicted octanol–water partition coefficient (Wildman–Crippen LogP) is 4.37. The first-order chi connectivity index (χ1) is 17.9. The van der Waals surface area contributed by atoms with Crippen molar-refractivity contribution in [2.75, 3.05) is 18.5 Å². The van der Waals surface area contributed by atoms with E-state index in [1.807, 2.05) is 0 Å². The molecule has 1 N–H and O–H groups in total. The lowest BCUT2D eigenvalue weighted by molar-refractivity contribution is -0.119. The lowest BCUT2D eigenvalue weighted by Gasteiger charge is -2.19. The average Bonchev–Trinajstić information content (AvgIpc) is 3.27. The fraction of sp³-hybridized carbons (Fsp3) is 0.250. The predicted molar refractivity (Wildman–Crippen MR) is 136 cm³/mol. The number of thiophene rings is 1. The van der Waals surface area contributed by atoms with Gasteiger partial charge in [-0.1, -0.05) is 36.4 Å². The standard InChI is InChI=1S/C28H23NO7S/c1-2-35-28(34)23-17-10-5-6-13-20(17)37-26(23)29-21(30)14-36-27(33)19-12-7-11-18-22(19)25(32)16-9-4-3-8-15(16)24(18)31/h3-4,7-9,11-12H,2,5-6,10,13-14H2,1H3,(H,29,30). The second kappa shape index (κ2) is 10.1. The number of carbonyl (C=O) groups excluding carboxylic acids is 5. The normalized spacial score (nSPS) is 13.8. The maximum absolute atomic E-state index is 13.1. The van der Waals surface area contributed by atoms with Crippen molar-refractivity contribution >= 4 is 45.8 Å². The SMILES string of the molecule is CCOC(=O)c1c(NC(=O)COC(=O)c2cccc3c2C(=O)c2ccccc2C3=O)sc2c1CCCC2. The fourth-order valence-corrected chi connectivity index (χ4v) is 6.05. The van der Waals surface area contributed by atoms with Crippen LogP contribution in [-0.4, -0.2) is 42.6 Å². The number of ether oxygens (including phenoxy) is 2. The number of aryl methyl sites for hydroxylation is 1. The van der Waals surface area contributed by atoms with Crippen LogP contribution in [0.15, 0.2) is 42.5 Å². The Hall–Kier alpha value is -4.11. The van der Waals surface area contributed by atoms with Gasteiger partial charge in [0.2, 0.25) is 0 Å². The number of amides is 1. The van der Waals surface area contributed by atoms with Crippen molar-refractivity contribution in [2.45, 2.75) is 32.6 Å². The molecule has 0 atom stereocenters. The highest BCUT2D eigenvalue weighted by molar-refractivity contribution is 7.17. The summed E-state index contributed by atoms with van der Waals surface area (Å²) < 4.78 is 10.4. The Morgan fingerprint density at radius 3 is 2.32 bits per heavy atom. The zero-order valence-corrected chi connectivity index (χ0v) is 20.9. The number of benzene rings is 2. The Morgan fingerprint density at radius 1 is 0.865 bits per heavy atom. The van der Waals surface area contributed by atoms with Crippen molar-refractivity contribution in [3.8, 4) is 0 Å². The minimum absolute atomic E-state index is 0.0351.